The highest BCUT2D eigenvalue weighted by Gasteiger charge is 2.19. The number of nitriles is 1. The number of nitro benzene ring substituents is 1. The molecule has 0 aliphatic carbocycles. The van der Waals surface area contributed by atoms with E-state index in [-0.39, 0.29) is 5.56 Å². The first-order valence-electron chi connectivity index (χ1n) is 6.71. The van der Waals surface area contributed by atoms with Gasteiger partial charge in [0, 0.05) is 22.4 Å². The number of nitro groups is 1. The van der Waals surface area contributed by atoms with Crippen LogP contribution in [0.2, 0.25) is 0 Å². The zero-order chi connectivity index (χ0) is 17.0. The van der Waals surface area contributed by atoms with E-state index in [1.54, 1.807) is 0 Å². The fourth-order valence-corrected chi connectivity index (χ4v) is 3.07. The molecule has 0 bridgehead atoms. The number of benzene rings is 2. The summed E-state index contributed by atoms with van der Waals surface area (Å²) in [6.07, 6.45) is 0. The first-order valence-corrected chi connectivity index (χ1v) is 7.52. The summed E-state index contributed by atoms with van der Waals surface area (Å²) >= 11 is 1.23. The molecule has 0 heterocycles. The summed E-state index contributed by atoms with van der Waals surface area (Å²) in [7, 11) is 3.88. The molecular weight excluding hydrogens is 317 g/mol. The van der Waals surface area contributed by atoms with Crippen molar-refractivity contribution in [2.24, 2.45) is 0 Å². The van der Waals surface area contributed by atoms with Gasteiger partial charge in [-0.2, -0.15) is 9.65 Å². The fraction of sp³-hybridized carbons (Fsp3) is 0.188. The van der Waals surface area contributed by atoms with Gasteiger partial charge >= 0.3 is 5.69 Å². The molecule has 0 aliphatic rings. The molecule has 118 valence electrons. The highest BCUT2D eigenvalue weighted by molar-refractivity contribution is 7.99. The summed E-state index contributed by atoms with van der Waals surface area (Å²) in [5.74, 6) is -0.943. The SMILES string of the molecule is CN(C)Cc1ccccc1Sc1cc(F)c([N+](=O)[O-])cc1C#N. The number of halogens is 1. The molecule has 7 heteroatoms. The van der Waals surface area contributed by atoms with Crippen LogP contribution in [0, 0.1) is 27.3 Å². The van der Waals surface area contributed by atoms with Crippen LogP contribution in [-0.4, -0.2) is 23.9 Å². The molecule has 2 rings (SSSR count). The van der Waals surface area contributed by atoms with Crippen molar-refractivity contribution in [3.8, 4) is 6.07 Å². The van der Waals surface area contributed by atoms with Crippen LogP contribution in [0.1, 0.15) is 11.1 Å². The van der Waals surface area contributed by atoms with Crippen molar-refractivity contribution in [1.29, 1.82) is 5.26 Å². The quantitative estimate of drug-likeness (QED) is 0.615. The molecule has 0 fully saturated rings. The Kier molecular flexibility index (Phi) is 5.32. The Hall–Kier alpha value is -2.43. The Balaban J connectivity index is 2.43. The van der Waals surface area contributed by atoms with Gasteiger partial charge in [-0.25, -0.2) is 0 Å². The molecule has 0 saturated carbocycles. The Morgan fingerprint density at radius 2 is 2.00 bits per heavy atom. The van der Waals surface area contributed by atoms with Crippen LogP contribution in [0.25, 0.3) is 0 Å². The maximum Gasteiger partial charge on any atom is 0.306 e. The molecule has 0 spiro atoms. The van der Waals surface area contributed by atoms with Gasteiger partial charge in [0.1, 0.15) is 6.07 Å². The predicted octanol–water partition coefficient (Wildman–Crippen LogP) is 3.82. The number of rotatable bonds is 5. The molecule has 0 aromatic heterocycles. The Bertz CT molecular complexity index is 787. The first kappa shape index (κ1) is 16.9. The van der Waals surface area contributed by atoms with E-state index in [9.17, 15) is 19.8 Å². The maximum atomic E-state index is 13.9. The van der Waals surface area contributed by atoms with E-state index in [0.29, 0.717) is 11.4 Å². The highest BCUT2D eigenvalue weighted by atomic mass is 32.2. The monoisotopic (exact) mass is 331 g/mol. The van der Waals surface area contributed by atoms with Crippen LogP contribution >= 0.6 is 11.8 Å². The van der Waals surface area contributed by atoms with Crippen molar-refractivity contribution in [2.45, 2.75) is 16.3 Å². The largest absolute Gasteiger partial charge is 0.306 e. The fourth-order valence-electron chi connectivity index (χ4n) is 2.05. The molecule has 0 atom stereocenters. The summed E-state index contributed by atoms with van der Waals surface area (Å²) in [5.41, 5.74) is 0.431. The van der Waals surface area contributed by atoms with E-state index in [4.69, 9.17) is 0 Å². The van der Waals surface area contributed by atoms with Crippen molar-refractivity contribution in [1.82, 2.24) is 4.90 Å². The van der Waals surface area contributed by atoms with Gasteiger partial charge in [-0.15, -0.1) is 0 Å². The van der Waals surface area contributed by atoms with Crippen molar-refractivity contribution >= 4 is 17.4 Å². The van der Waals surface area contributed by atoms with E-state index in [1.165, 1.54) is 11.8 Å². The standard InChI is InChI=1S/C16H14FN3O2S/c1-19(2)10-11-5-3-4-6-15(11)23-16-8-13(17)14(20(21)22)7-12(16)9-18/h3-8H,10H2,1-2H3. The third-order valence-corrected chi connectivity index (χ3v) is 4.22. The number of hydrogen-bond donors (Lipinski definition) is 0. The van der Waals surface area contributed by atoms with Gasteiger partial charge in [-0.1, -0.05) is 30.0 Å². The smallest absolute Gasteiger partial charge is 0.305 e. The lowest BCUT2D eigenvalue weighted by atomic mass is 10.2. The maximum absolute atomic E-state index is 13.9. The van der Waals surface area contributed by atoms with Crippen molar-refractivity contribution in [3.63, 3.8) is 0 Å². The molecule has 0 aliphatic heterocycles. The second kappa shape index (κ2) is 7.22. The minimum absolute atomic E-state index is 0.0859. The number of nitrogens with zero attached hydrogens (tertiary/aromatic N) is 3. The second-order valence-electron chi connectivity index (χ2n) is 5.12. The van der Waals surface area contributed by atoms with Gasteiger partial charge in [-0.3, -0.25) is 10.1 Å². The van der Waals surface area contributed by atoms with Crippen LogP contribution < -0.4 is 0 Å². The summed E-state index contributed by atoms with van der Waals surface area (Å²) in [5, 5.41) is 20.0. The van der Waals surface area contributed by atoms with Crippen LogP contribution in [0.5, 0.6) is 0 Å². The Labute approximate surface area is 137 Å². The van der Waals surface area contributed by atoms with E-state index < -0.39 is 16.4 Å². The van der Waals surface area contributed by atoms with E-state index in [1.807, 2.05) is 49.3 Å². The third-order valence-electron chi connectivity index (χ3n) is 3.05. The molecular formula is C16H14FN3O2S. The molecule has 0 N–H and O–H groups in total. The van der Waals surface area contributed by atoms with E-state index >= 15 is 0 Å². The molecule has 2 aromatic rings. The van der Waals surface area contributed by atoms with Crippen molar-refractivity contribution in [3.05, 3.63) is 63.5 Å². The lowest BCUT2D eigenvalue weighted by Crippen LogP contribution is -2.11. The molecule has 0 unspecified atom stereocenters. The minimum Gasteiger partial charge on any atom is -0.305 e. The summed E-state index contributed by atoms with van der Waals surface area (Å²) in [6.45, 7) is 0.695. The van der Waals surface area contributed by atoms with Gasteiger partial charge in [0.25, 0.3) is 0 Å². The molecule has 0 amide bonds. The van der Waals surface area contributed by atoms with Gasteiger partial charge in [0.2, 0.25) is 5.82 Å². The minimum atomic E-state index is -0.943. The molecule has 23 heavy (non-hydrogen) atoms. The highest BCUT2D eigenvalue weighted by Crippen LogP contribution is 2.35. The lowest BCUT2D eigenvalue weighted by molar-refractivity contribution is -0.387. The lowest BCUT2D eigenvalue weighted by Gasteiger charge is -2.14. The topological polar surface area (TPSA) is 70.2 Å². The van der Waals surface area contributed by atoms with Crippen LogP contribution in [0.15, 0.2) is 46.2 Å². The molecule has 5 nitrogen and oxygen atoms in total. The zero-order valence-corrected chi connectivity index (χ0v) is 13.4. The summed E-state index contributed by atoms with van der Waals surface area (Å²) in [6, 6.07) is 11.5. The molecule has 0 radical (unpaired) electrons. The van der Waals surface area contributed by atoms with Gasteiger partial charge in [-0.05, 0) is 31.8 Å². The van der Waals surface area contributed by atoms with Gasteiger partial charge < -0.3 is 4.90 Å². The average molecular weight is 331 g/mol. The summed E-state index contributed by atoms with van der Waals surface area (Å²) in [4.78, 5) is 13.2. The van der Waals surface area contributed by atoms with Crippen molar-refractivity contribution < 1.29 is 9.31 Å². The predicted molar refractivity (Wildman–Crippen MR) is 85.7 cm³/mol. The Morgan fingerprint density at radius 3 is 2.61 bits per heavy atom. The summed E-state index contributed by atoms with van der Waals surface area (Å²) < 4.78 is 13.9. The zero-order valence-electron chi connectivity index (χ0n) is 12.6. The second-order valence-corrected chi connectivity index (χ2v) is 6.20. The van der Waals surface area contributed by atoms with Crippen LogP contribution in [-0.2, 0) is 6.54 Å². The average Bonchev–Trinajstić information content (AvgIpc) is 2.48. The van der Waals surface area contributed by atoms with Crippen LogP contribution in [0.3, 0.4) is 0 Å². The first-order chi connectivity index (χ1) is 10.9. The molecule has 2 aromatic carbocycles. The van der Waals surface area contributed by atoms with Gasteiger partial charge in [0.15, 0.2) is 0 Å². The van der Waals surface area contributed by atoms with Crippen LogP contribution in [0.4, 0.5) is 10.1 Å². The molecule has 0 saturated heterocycles. The normalized spacial score (nSPS) is 10.6. The Morgan fingerprint density at radius 1 is 1.30 bits per heavy atom. The number of hydrogen-bond acceptors (Lipinski definition) is 5. The van der Waals surface area contributed by atoms with Gasteiger partial charge in [0.05, 0.1) is 10.5 Å². The van der Waals surface area contributed by atoms with E-state index in [0.717, 1.165) is 22.6 Å². The third kappa shape index (κ3) is 4.06. The van der Waals surface area contributed by atoms with Crippen molar-refractivity contribution in [2.75, 3.05) is 14.1 Å². The van der Waals surface area contributed by atoms with E-state index in [2.05, 4.69) is 0 Å².